The average Bonchev–Trinajstić information content (AvgIpc) is 3.39. The van der Waals surface area contributed by atoms with Crippen molar-refractivity contribution >= 4 is 41.1 Å². The Kier molecular flexibility index (Phi) is 12.3. The number of hydrogen-bond donors (Lipinski definition) is 8. The number of nitrogens with one attached hydrogen (secondary N) is 2. The standard InChI is InChI=1S/C20H37N2O10PS2/c1-20(19(28)29,22-16(25)5-3-2-4-13-6-7-34-35-13)11-32-33(30,31)10-12(24)8-14-17(26)18(27)15(9-23)21-14/h12-15,17-18,21,23-24,26-27H,2-11H2,1H3,(H,22,25)(H,28,29)(H,30,31)/t12-,13?,14-,15-,17-,18-,20?/m1/s1. The molecule has 0 aromatic rings. The van der Waals surface area contributed by atoms with Crippen LogP contribution in [0.3, 0.4) is 0 Å². The lowest BCUT2D eigenvalue weighted by Gasteiger charge is -2.28. The lowest BCUT2D eigenvalue weighted by Crippen LogP contribution is -2.55. The highest BCUT2D eigenvalue weighted by Gasteiger charge is 2.43. The van der Waals surface area contributed by atoms with E-state index in [-0.39, 0.29) is 12.8 Å². The molecule has 0 radical (unpaired) electrons. The summed E-state index contributed by atoms with van der Waals surface area (Å²) < 4.78 is 17.4. The van der Waals surface area contributed by atoms with E-state index in [4.69, 9.17) is 4.52 Å². The van der Waals surface area contributed by atoms with Crippen LogP contribution in [-0.4, -0.2) is 109 Å². The molecule has 2 rings (SSSR count). The van der Waals surface area contributed by atoms with Gasteiger partial charge in [0.25, 0.3) is 0 Å². The Morgan fingerprint density at radius 3 is 2.51 bits per heavy atom. The fourth-order valence-electron chi connectivity index (χ4n) is 3.98. The van der Waals surface area contributed by atoms with Gasteiger partial charge in [0.15, 0.2) is 5.54 Å². The molecule has 35 heavy (non-hydrogen) atoms. The number of rotatable bonds is 15. The lowest BCUT2D eigenvalue weighted by molar-refractivity contribution is -0.148. The number of carboxylic acid groups (broad SMARTS) is 1. The van der Waals surface area contributed by atoms with Gasteiger partial charge in [0.2, 0.25) is 5.91 Å². The number of carboxylic acids is 1. The Balaban J connectivity index is 1.79. The number of amides is 1. The minimum atomic E-state index is -4.47. The number of carbonyl (C=O) groups is 2. The zero-order valence-electron chi connectivity index (χ0n) is 19.6. The van der Waals surface area contributed by atoms with E-state index in [1.165, 1.54) is 6.92 Å². The molecule has 1 amide bonds. The largest absolute Gasteiger partial charge is 0.479 e. The van der Waals surface area contributed by atoms with Gasteiger partial charge in [-0.15, -0.1) is 0 Å². The second-order valence-electron chi connectivity index (χ2n) is 9.29. The SMILES string of the molecule is CC(COP(=O)(O)C[C@H](O)C[C@H]1N[C@H](CO)[C@@H](O)[C@@H]1O)(NC(=O)CCCCC1CCSS1)C(=O)O. The van der Waals surface area contributed by atoms with Gasteiger partial charge in [0.05, 0.1) is 43.7 Å². The summed E-state index contributed by atoms with van der Waals surface area (Å²) in [6.45, 7) is -0.0595. The van der Waals surface area contributed by atoms with Crippen molar-refractivity contribution < 1.29 is 49.1 Å². The molecule has 0 aromatic heterocycles. The summed E-state index contributed by atoms with van der Waals surface area (Å²) in [4.78, 5) is 34.2. The minimum Gasteiger partial charge on any atom is -0.479 e. The zero-order valence-corrected chi connectivity index (χ0v) is 22.1. The van der Waals surface area contributed by atoms with Crippen LogP contribution in [0.15, 0.2) is 0 Å². The molecule has 0 bridgehead atoms. The van der Waals surface area contributed by atoms with E-state index < -0.39 is 74.8 Å². The summed E-state index contributed by atoms with van der Waals surface area (Å²) in [5, 5.41) is 54.4. The van der Waals surface area contributed by atoms with E-state index in [1.807, 2.05) is 21.6 Å². The maximum atomic E-state index is 12.4. The molecule has 2 aliphatic heterocycles. The third-order valence-electron chi connectivity index (χ3n) is 6.12. The van der Waals surface area contributed by atoms with E-state index in [9.17, 15) is 44.6 Å². The van der Waals surface area contributed by atoms with Crippen molar-refractivity contribution in [1.29, 1.82) is 0 Å². The molecule has 0 spiro atoms. The van der Waals surface area contributed by atoms with Crippen LogP contribution in [0.1, 0.15) is 45.4 Å². The number of carbonyl (C=O) groups excluding carboxylic acids is 1. The summed E-state index contributed by atoms with van der Waals surface area (Å²) in [5.74, 6) is -0.809. The number of aliphatic hydroxyl groups is 4. The Labute approximate surface area is 212 Å². The second kappa shape index (κ2) is 13.9. The quantitative estimate of drug-likeness (QED) is 0.0734. The van der Waals surface area contributed by atoms with Crippen molar-refractivity contribution in [3.63, 3.8) is 0 Å². The van der Waals surface area contributed by atoms with E-state index in [1.54, 1.807) is 0 Å². The molecule has 8 atom stereocenters. The van der Waals surface area contributed by atoms with Gasteiger partial charge < -0.3 is 45.6 Å². The highest BCUT2D eigenvalue weighted by Crippen LogP contribution is 2.44. The van der Waals surface area contributed by atoms with Crippen LogP contribution in [0.25, 0.3) is 0 Å². The number of aliphatic carboxylic acids is 1. The van der Waals surface area contributed by atoms with Gasteiger partial charge in [-0.1, -0.05) is 28.0 Å². The fourth-order valence-corrected chi connectivity index (χ4v) is 8.25. The highest BCUT2D eigenvalue weighted by molar-refractivity contribution is 8.77. The molecular formula is C20H37N2O10PS2. The van der Waals surface area contributed by atoms with Gasteiger partial charge in [0.1, 0.15) is 0 Å². The Morgan fingerprint density at radius 1 is 1.26 bits per heavy atom. The number of aliphatic hydroxyl groups excluding tert-OH is 4. The predicted molar refractivity (Wildman–Crippen MR) is 132 cm³/mol. The minimum absolute atomic E-state index is 0.125. The summed E-state index contributed by atoms with van der Waals surface area (Å²) in [6, 6.07) is -1.62. The lowest BCUT2D eigenvalue weighted by atomic mass is 10.0. The normalized spacial score (nSPS) is 31.0. The topological polar surface area (TPSA) is 206 Å². The van der Waals surface area contributed by atoms with E-state index in [0.29, 0.717) is 11.7 Å². The van der Waals surface area contributed by atoms with Crippen LogP contribution in [0.5, 0.6) is 0 Å². The van der Waals surface area contributed by atoms with Gasteiger partial charge in [-0.05, 0) is 32.6 Å². The van der Waals surface area contributed by atoms with Gasteiger partial charge in [-0.2, -0.15) is 0 Å². The van der Waals surface area contributed by atoms with Crippen LogP contribution >= 0.6 is 29.2 Å². The Morgan fingerprint density at radius 2 is 1.94 bits per heavy atom. The first-order valence-electron chi connectivity index (χ1n) is 11.6. The first-order chi connectivity index (χ1) is 16.4. The van der Waals surface area contributed by atoms with Gasteiger partial charge >= 0.3 is 13.6 Å². The van der Waals surface area contributed by atoms with Crippen LogP contribution in [-0.2, 0) is 18.7 Å². The van der Waals surface area contributed by atoms with Crippen LogP contribution < -0.4 is 10.6 Å². The van der Waals surface area contributed by atoms with Crippen LogP contribution in [0.2, 0.25) is 0 Å². The maximum Gasteiger partial charge on any atom is 0.331 e. The molecule has 3 unspecified atom stereocenters. The summed E-state index contributed by atoms with van der Waals surface area (Å²) in [7, 11) is -0.773. The molecule has 2 saturated heterocycles. The maximum absolute atomic E-state index is 12.4. The van der Waals surface area contributed by atoms with Gasteiger partial charge in [-0.3, -0.25) is 9.36 Å². The summed E-state index contributed by atoms with van der Waals surface area (Å²) in [6.07, 6.45) is -1.23. The van der Waals surface area contributed by atoms with Gasteiger partial charge in [0, 0.05) is 23.5 Å². The Bertz CT molecular complexity index is 759. The molecule has 15 heteroatoms. The van der Waals surface area contributed by atoms with Crippen molar-refractivity contribution in [3.8, 4) is 0 Å². The third-order valence-corrected chi connectivity index (χ3v) is 10.5. The van der Waals surface area contributed by atoms with Crippen LogP contribution in [0, 0.1) is 0 Å². The molecule has 0 aliphatic carbocycles. The average molecular weight is 561 g/mol. The molecular weight excluding hydrogens is 523 g/mol. The monoisotopic (exact) mass is 560 g/mol. The predicted octanol–water partition coefficient (Wildman–Crippen LogP) is -0.332. The molecule has 2 aliphatic rings. The van der Waals surface area contributed by atoms with E-state index >= 15 is 0 Å². The zero-order chi connectivity index (χ0) is 26.2. The van der Waals surface area contributed by atoms with Crippen molar-refractivity contribution in [2.45, 2.75) is 86.6 Å². The second-order valence-corrected chi connectivity index (χ2v) is 14.0. The third kappa shape index (κ3) is 9.76. The molecule has 0 saturated carbocycles. The first kappa shape index (κ1) is 30.8. The first-order valence-corrected chi connectivity index (χ1v) is 15.7. The van der Waals surface area contributed by atoms with Gasteiger partial charge in [-0.25, -0.2) is 4.79 Å². The van der Waals surface area contributed by atoms with E-state index in [2.05, 4.69) is 10.6 Å². The molecule has 8 N–H and O–H groups in total. The highest BCUT2D eigenvalue weighted by atomic mass is 33.1. The fraction of sp³-hybridized carbons (Fsp3) is 0.900. The molecule has 2 fully saturated rings. The van der Waals surface area contributed by atoms with Crippen LogP contribution in [0.4, 0.5) is 0 Å². The van der Waals surface area contributed by atoms with E-state index in [0.717, 1.165) is 25.0 Å². The molecule has 12 nitrogen and oxygen atoms in total. The summed E-state index contributed by atoms with van der Waals surface area (Å²) >= 11 is 0. The van der Waals surface area contributed by atoms with Crippen molar-refractivity contribution in [2.75, 3.05) is 25.1 Å². The Hall–Kier alpha value is -0.410. The molecule has 2 heterocycles. The van der Waals surface area contributed by atoms with Crippen molar-refractivity contribution in [2.24, 2.45) is 0 Å². The smallest absolute Gasteiger partial charge is 0.331 e. The number of hydrogen-bond acceptors (Lipinski definition) is 11. The van der Waals surface area contributed by atoms with Crippen molar-refractivity contribution in [3.05, 3.63) is 0 Å². The summed E-state index contributed by atoms with van der Waals surface area (Å²) in [5.41, 5.74) is -1.94. The van der Waals surface area contributed by atoms with Crippen molar-refractivity contribution in [1.82, 2.24) is 10.6 Å². The molecule has 0 aromatic carbocycles. The molecule has 204 valence electrons. The number of unbranched alkanes of at least 4 members (excludes halogenated alkanes) is 1.